The number of benzene rings is 3. The molecule has 0 aromatic heterocycles. The van der Waals surface area contributed by atoms with E-state index in [9.17, 15) is 9.18 Å². The summed E-state index contributed by atoms with van der Waals surface area (Å²) in [6.07, 6.45) is 0. The number of carbonyl (C=O) groups is 1. The summed E-state index contributed by atoms with van der Waals surface area (Å²) in [4.78, 5) is 12.6. The van der Waals surface area contributed by atoms with Crippen molar-refractivity contribution in [2.75, 3.05) is 18.5 Å². The van der Waals surface area contributed by atoms with E-state index in [0.717, 1.165) is 11.4 Å². The third kappa shape index (κ3) is 4.71. The SMILES string of the molecule is CC1(COc2ccccc2)COc2ccc(C(=O)NCc3cccc(F)c3)cc2N1. The number of para-hydroxylation sites is 1. The van der Waals surface area contributed by atoms with Crippen LogP contribution in [0.5, 0.6) is 11.5 Å². The molecule has 1 amide bonds. The molecule has 6 heteroatoms. The molecule has 0 aliphatic carbocycles. The van der Waals surface area contributed by atoms with E-state index < -0.39 is 5.54 Å². The zero-order valence-electron chi connectivity index (χ0n) is 16.7. The van der Waals surface area contributed by atoms with Crippen LogP contribution >= 0.6 is 0 Å². The highest BCUT2D eigenvalue weighted by molar-refractivity contribution is 5.95. The first-order chi connectivity index (χ1) is 14.5. The Morgan fingerprint density at radius 3 is 2.77 bits per heavy atom. The molecule has 0 bridgehead atoms. The van der Waals surface area contributed by atoms with Gasteiger partial charge >= 0.3 is 0 Å². The van der Waals surface area contributed by atoms with Gasteiger partial charge in [0.1, 0.15) is 36.1 Å². The highest BCUT2D eigenvalue weighted by Crippen LogP contribution is 2.33. The molecular formula is C24H23FN2O3. The average Bonchev–Trinajstić information content (AvgIpc) is 2.76. The fraction of sp³-hybridized carbons (Fsp3) is 0.208. The Bertz CT molecular complexity index is 1040. The molecule has 1 atom stereocenters. The van der Waals surface area contributed by atoms with Crippen LogP contribution in [-0.2, 0) is 6.54 Å². The second-order valence-electron chi connectivity index (χ2n) is 7.60. The van der Waals surface area contributed by atoms with Crippen molar-refractivity contribution in [2.24, 2.45) is 0 Å². The number of anilines is 1. The highest BCUT2D eigenvalue weighted by atomic mass is 19.1. The first kappa shape index (κ1) is 19.8. The van der Waals surface area contributed by atoms with Gasteiger partial charge in [-0.05, 0) is 55.0 Å². The maximum Gasteiger partial charge on any atom is 0.251 e. The van der Waals surface area contributed by atoms with E-state index in [1.54, 1.807) is 30.3 Å². The lowest BCUT2D eigenvalue weighted by Crippen LogP contribution is -2.48. The summed E-state index contributed by atoms with van der Waals surface area (Å²) in [5.41, 5.74) is 1.49. The van der Waals surface area contributed by atoms with Crippen molar-refractivity contribution in [2.45, 2.75) is 19.0 Å². The molecule has 0 fully saturated rings. The number of rotatable bonds is 6. The topological polar surface area (TPSA) is 59.6 Å². The largest absolute Gasteiger partial charge is 0.491 e. The van der Waals surface area contributed by atoms with Crippen LogP contribution in [0.4, 0.5) is 10.1 Å². The lowest BCUT2D eigenvalue weighted by atomic mass is 10.0. The van der Waals surface area contributed by atoms with Crippen molar-refractivity contribution in [1.82, 2.24) is 5.32 Å². The fourth-order valence-corrected chi connectivity index (χ4v) is 3.26. The maximum absolute atomic E-state index is 13.3. The minimum Gasteiger partial charge on any atom is -0.491 e. The number of hydrogen-bond donors (Lipinski definition) is 2. The number of ether oxygens (including phenoxy) is 2. The van der Waals surface area contributed by atoms with Gasteiger partial charge in [-0.1, -0.05) is 30.3 Å². The molecule has 2 N–H and O–H groups in total. The molecular weight excluding hydrogens is 383 g/mol. The van der Waals surface area contributed by atoms with Crippen molar-refractivity contribution in [1.29, 1.82) is 0 Å². The molecule has 0 radical (unpaired) electrons. The first-order valence-corrected chi connectivity index (χ1v) is 9.76. The van der Waals surface area contributed by atoms with Crippen LogP contribution in [-0.4, -0.2) is 24.7 Å². The van der Waals surface area contributed by atoms with E-state index in [-0.39, 0.29) is 18.3 Å². The molecule has 30 heavy (non-hydrogen) atoms. The minimum atomic E-state index is -0.445. The second-order valence-corrected chi connectivity index (χ2v) is 7.60. The highest BCUT2D eigenvalue weighted by Gasteiger charge is 2.32. The lowest BCUT2D eigenvalue weighted by Gasteiger charge is -2.36. The van der Waals surface area contributed by atoms with Crippen LogP contribution in [0.15, 0.2) is 72.8 Å². The summed E-state index contributed by atoms with van der Waals surface area (Å²) >= 11 is 0. The van der Waals surface area contributed by atoms with Gasteiger partial charge in [0.2, 0.25) is 0 Å². The Morgan fingerprint density at radius 1 is 1.13 bits per heavy atom. The molecule has 0 saturated carbocycles. The van der Waals surface area contributed by atoms with Crippen molar-refractivity contribution in [3.8, 4) is 11.5 Å². The molecule has 1 heterocycles. The molecule has 154 valence electrons. The van der Waals surface area contributed by atoms with Gasteiger partial charge in [-0.2, -0.15) is 0 Å². The molecule has 3 aromatic carbocycles. The number of carbonyl (C=O) groups excluding carboxylic acids is 1. The monoisotopic (exact) mass is 406 g/mol. The Kier molecular flexibility index (Phi) is 5.57. The fourth-order valence-electron chi connectivity index (χ4n) is 3.26. The zero-order valence-corrected chi connectivity index (χ0v) is 16.7. The van der Waals surface area contributed by atoms with Gasteiger partial charge in [0.05, 0.1) is 5.69 Å². The minimum absolute atomic E-state index is 0.239. The number of fused-ring (bicyclic) bond motifs is 1. The van der Waals surface area contributed by atoms with Gasteiger partial charge in [0.15, 0.2) is 0 Å². The average molecular weight is 406 g/mol. The van der Waals surface area contributed by atoms with Gasteiger partial charge in [-0.15, -0.1) is 0 Å². The van der Waals surface area contributed by atoms with Gasteiger partial charge < -0.3 is 20.1 Å². The quantitative estimate of drug-likeness (QED) is 0.637. The molecule has 0 spiro atoms. The van der Waals surface area contributed by atoms with E-state index in [0.29, 0.717) is 30.1 Å². The predicted octanol–water partition coefficient (Wildman–Crippen LogP) is 4.40. The Hall–Kier alpha value is -3.54. The first-order valence-electron chi connectivity index (χ1n) is 9.76. The lowest BCUT2D eigenvalue weighted by molar-refractivity contribution is 0.0950. The summed E-state index contributed by atoms with van der Waals surface area (Å²) < 4.78 is 25.1. The van der Waals surface area contributed by atoms with E-state index >= 15 is 0 Å². The molecule has 1 aliphatic heterocycles. The van der Waals surface area contributed by atoms with Crippen LogP contribution in [0.25, 0.3) is 0 Å². The third-order valence-electron chi connectivity index (χ3n) is 4.87. The van der Waals surface area contributed by atoms with Gasteiger partial charge in [-0.25, -0.2) is 4.39 Å². The van der Waals surface area contributed by atoms with E-state index in [2.05, 4.69) is 10.6 Å². The van der Waals surface area contributed by atoms with Crippen molar-refractivity contribution >= 4 is 11.6 Å². The predicted molar refractivity (Wildman–Crippen MR) is 113 cm³/mol. The van der Waals surface area contributed by atoms with E-state index in [4.69, 9.17) is 9.47 Å². The van der Waals surface area contributed by atoms with Crippen molar-refractivity contribution < 1.29 is 18.7 Å². The summed E-state index contributed by atoms with van der Waals surface area (Å²) in [6.45, 7) is 3.11. The van der Waals surface area contributed by atoms with Crippen molar-refractivity contribution in [3.05, 3.63) is 89.7 Å². The molecule has 1 aliphatic rings. The third-order valence-corrected chi connectivity index (χ3v) is 4.87. The van der Waals surface area contributed by atoms with Crippen LogP contribution in [0.1, 0.15) is 22.8 Å². The van der Waals surface area contributed by atoms with Crippen LogP contribution < -0.4 is 20.1 Å². The molecule has 0 saturated heterocycles. The Morgan fingerprint density at radius 2 is 1.97 bits per heavy atom. The summed E-state index contributed by atoms with van der Waals surface area (Å²) in [5.74, 6) is 0.913. The normalized spacial score (nSPS) is 17.3. The second kappa shape index (κ2) is 8.45. The summed E-state index contributed by atoms with van der Waals surface area (Å²) in [7, 11) is 0. The summed E-state index contributed by atoms with van der Waals surface area (Å²) in [6, 6.07) is 21.0. The molecule has 3 aromatic rings. The smallest absolute Gasteiger partial charge is 0.251 e. The van der Waals surface area contributed by atoms with E-state index in [1.165, 1.54) is 12.1 Å². The van der Waals surface area contributed by atoms with Crippen LogP contribution in [0.3, 0.4) is 0 Å². The van der Waals surface area contributed by atoms with Crippen LogP contribution in [0.2, 0.25) is 0 Å². The van der Waals surface area contributed by atoms with Gasteiger partial charge in [0.25, 0.3) is 5.91 Å². The molecule has 5 nitrogen and oxygen atoms in total. The molecule has 1 unspecified atom stereocenters. The number of nitrogens with one attached hydrogen (secondary N) is 2. The van der Waals surface area contributed by atoms with Crippen LogP contribution in [0, 0.1) is 5.82 Å². The Balaban J connectivity index is 1.41. The zero-order chi connectivity index (χ0) is 21.0. The van der Waals surface area contributed by atoms with Gasteiger partial charge in [0, 0.05) is 12.1 Å². The van der Waals surface area contributed by atoms with E-state index in [1.807, 2.05) is 37.3 Å². The molecule has 4 rings (SSSR count). The summed E-state index contributed by atoms with van der Waals surface area (Å²) in [5, 5.41) is 6.26. The van der Waals surface area contributed by atoms with Crippen molar-refractivity contribution in [3.63, 3.8) is 0 Å². The van der Waals surface area contributed by atoms with Gasteiger partial charge in [-0.3, -0.25) is 4.79 Å². The number of amides is 1. The Labute approximate surface area is 174 Å². The number of halogens is 1. The standard InChI is InChI=1S/C24H23FN2O3/c1-24(15-29-20-8-3-2-4-9-20)16-30-22-11-10-18(13-21(22)27-24)23(28)26-14-17-6-5-7-19(25)12-17/h2-13,27H,14-16H2,1H3,(H,26,28). The maximum atomic E-state index is 13.3. The number of hydrogen-bond acceptors (Lipinski definition) is 4.